The molecule has 0 fully saturated rings. The van der Waals surface area contributed by atoms with Gasteiger partial charge in [-0.05, 0) is 28.1 Å². The minimum absolute atomic E-state index is 0.0805. The van der Waals surface area contributed by atoms with Crippen molar-refractivity contribution in [1.29, 1.82) is 0 Å². The van der Waals surface area contributed by atoms with E-state index in [1.165, 1.54) is 13.1 Å². The van der Waals surface area contributed by atoms with Crippen LogP contribution in [0, 0.1) is 5.92 Å². The van der Waals surface area contributed by atoms with Crippen molar-refractivity contribution in [2.45, 2.75) is 6.92 Å². The minimum atomic E-state index is -0.944. The van der Waals surface area contributed by atoms with E-state index in [-0.39, 0.29) is 18.1 Å². The highest BCUT2D eigenvalue weighted by Gasteiger charge is 2.15. The lowest BCUT2D eigenvalue weighted by atomic mass is 10.2. The Kier molecular flexibility index (Phi) is 4.42. The summed E-state index contributed by atoms with van der Waals surface area (Å²) in [4.78, 5) is 26.0. The number of pyridine rings is 1. The van der Waals surface area contributed by atoms with Crippen molar-refractivity contribution in [1.82, 2.24) is 10.3 Å². The van der Waals surface area contributed by atoms with Gasteiger partial charge in [0.2, 0.25) is 0 Å². The predicted octanol–water partition coefficient (Wildman–Crippen LogP) is 1.29. The van der Waals surface area contributed by atoms with Crippen LogP contribution in [0.2, 0.25) is 0 Å². The van der Waals surface area contributed by atoms with E-state index in [1.54, 1.807) is 12.1 Å². The van der Waals surface area contributed by atoms with E-state index in [4.69, 9.17) is 5.11 Å². The van der Waals surface area contributed by atoms with E-state index in [9.17, 15) is 9.59 Å². The van der Waals surface area contributed by atoms with E-state index in [0.717, 1.165) is 0 Å². The number of amides is 1. The third-order valence-electron chi connectivity index (χ3n) is 1.96. The molecule has 0 saturated heterocycles. The number of nitrogens with zero attached hydrogens (tertiary/aromatic N) is 1. The average Bonchev–Trinajstić information content (AvgIpc) is 2.25. The molecule has 0 spiro atoms. The average molecular weight is 287 g/mol. The Balaban J connectivity index is 2.60. The van der Waals surface area contributed by atoms with Crippen LogP contribution in [0.4, 0.5) is 0 Å². The molecule has 86 valence electrons. The lowest BCUT2D eigenvalue weighted by Crippen LogP contribution is -2.32. The maximum Gasteiger partial charge on any atom is 0.308 e. The van der Waals surface area contributed by atoms with Crippen molar-refractivity contribution < 1.29 is 14.7 Å². The molecule has 1 heterocycles. The molecule has 1 aromatic heterocycles. The zero-order valence-corrected chi connectivity index (χ0v) is 10.2. The molecule has 1 unspecified atom stereocenters. The molecular formula is C10H11BrN2O3. The first kappa shape index (κ1) is 12.6. The summed E-state index contributed by atoms with van der Waals surface area (Å²) < 4.78 is 0.579. The Morgan fingerprint density at radius 1 is 1.62 bits per heavy atom. The molecule has 1 rings (SSSR count). The van der Waals surface area contributed by atoms with Gasteiger partial charge < -0.3 is 10.4 Å². The Morgan fingerprint density at radius 3 is 2.88 bits per heavy atom. The van der Waals surface area contributed by atoms with Crippen LogP contribution in [0.25, 0.3) is 0 Å². The number of carboxylic acid groups (broad SMARTS) is 1. The van der Waals surface area contributed by atoms with Gasteiger partial charge in [0.25, 0.3) is 5.91 Å². The molecule has 0 bridgehead atoms. The first-order valence-corrected chi connectivity index (χ1v) is 5.43. The van der Waals surface area contributed by atoms with Gasteiger partial charge in [0.15, 0.2) is 0 Å². The number of carboxylic acids is 1. The fourth-order valence-electron chi connectivity index (χ4n) is 0.970. The third kappa shape index (κ3) is 3.30. The molecule has 0 radical (unpaired) electrons. The zero-order chi connectivity index (χ0) is 12.1. The molecule has 1 atom stereocenters. The quantitative estimate of drug-likeness (QED) is 0.874. The van der Waals surface area contributed by atoms with Gasteiger partial charge in [0.05, 0.1) is 5.92 Å². The van der Waals surface area contributed by atoms with Crippen LogP contribution in [-0.2, 0) is 4.79 Å². The molecule has 0 aliphatic carbocycles. The zero-order valence-electron chi connectivity index (χ0n) is 8.61. The van der Waals surface area contributed by atoms with E-state index in [1.807, 2.05) is 0 Å². The SMILES string of the molecule is CC(CNC(=O)c1ncccc1Br)C(=O)O. The second-order valence-corrected chi connectivity index (χ2v) is 4.14. The van der Waals surface area contributed by atoms with Gasteiger partial charge >= 0.3 is 5.97 Å². The summed E-state index contributed by atoms with van der Waals surface area (Å²) in [5.74, 6) is -1.95. The number of aromatic nitrogens is 1. The van der Waals surface area contributed by atoms with E-state index in [2.05, 4.69) is 26.2 Å². The summed E-state index contributed by atoms with van der Waals surface area (Å²) >= 11 is 3.19. The van der Waals surface area contributed by atoms with Crippen LogP contribution in [0.15, 0.2) is 22.8 Å². The van der Waals surface area contributed by atoms with Crippen LogP contribution in [-0.4, -0.2) is 28.5 Å². The van der Waals surface area contributed by atoms with Crippen molar-refractivity contribution in [3.8, 4) is 0 Å². The minimum Gasteiger partial charge on any atom is -0.481 e. The van der Waals surface area contributed by atoms with Gasteiger partial charge in [-0.3, -0.25) is 9.59 Å². The molecular weight excluding hydrogens is 276 g/mol. The summed E-state index contributed by atoms with van der Waals surface area (Å²) in [7, 11) is 0. The van der Waals surface area contributed by atoms with Gasteiger partial charge in [0.1, 0.15) is 5.69 Å². The molecule has 0 aliphatic heterocycles. The molecule has 1 aromatic rings. The molecule has 5 nitrogen and oxygen atoms in total. The highest BCUT2D eigenvalue weighted by atomic mass is 79.9. The van der Waals surface area contributed by atoms with Crippen LogP contribution in [0.5, 0.6) is 0 Å². The second-order valence-electron chi connectivity index (χ2n) is 3.28. The highest BCUT2D eigenvalue weighted by molar-refractivity contribution is 9.10. The smallest absolute Gasteiger partial charge is 0.308 e. The highest BCUT2D eigenvalue weighted by Crippen LogP contribution is 2.12. The number of hydrogen-bond acceptors (Lipinski definition) is 3. The maximum atomic E-state index is 11.6. The van der Waals surface area contributed by atoms with Gasteiger partial charge in [-0.25, -0.2) is 4.98 Å². The molecule has 1 amide bonds. The van der Waals surface area contributed by atoms with Crippen molar-refractivity contribution >= 4 is 27.8 Å². The second kappa shape index (κ2) is 5.60. The number of aliphatic carboxylic acids is 1. The van der Waals surface area contributed by atoms with Crippen LogP contribution >= 0.6 is 15.9 Å². The largest absolute Gasteiger partial charge is 0.481 e. The van der Waals surface area contributed by atoms with Crippen LogP contribution < -0.4 is 5.32 Å². The number of halogens is 1. The lowest BCUT2D eigenvalue weighted by Gasteiger charge is -2.08. The van der Waals surface area contributed by atoms with Crippen molar-refractivity contribution in [3.05, 3.63) is 28.5 Å². The Hall–Kier alpha value is -1.43. The number of carbonyl (C=O) groups excluding carboxylic acids is 1. The molecule has 0 aromatic carbocycles. The summed E-state index contributed by atoms with van der Waals surface area (Å²) in [6, 6.07) is 3.39. The molecule has 0 aliphatic rings. The summed E-state index contributed by atoms with van der Waals surface area (Å²) in [6.07, 6.45) is 1.50. The predicted molar refractivity (Wildman–Crippen MR) is 61.1 cm³/mol. The van der Waals surface area contributed by atoms with Crippen molar-refractivity contribution in [3.63, 3.8) is 0 Å². The normalized spacial score (nSPS) is 11.9. The van der Waals surface area contributed by atoms with E-state index < -0.39 is 11.9 Å². The standard InChI is InChI=1S/C10H11BrN2O3/c1-6(10(15)16)5-13-9(14)8-7(11)3-2-4-12-8/h2-4,6H,5H2,1H3,(H,13,14)(H,15,16). The van der Waals surface area contributed by atoms with Gasteiger partial charge in [-0.2, -0.15) is 0 Å². The Labute approximate surface area is 101 Å². The summed E-state index contributed by atoms with van der Waals surface area (Å²) in [5.41, 5.74) is 0.250. The first-order valence-electron chi connectivity index (χ1n) is 4.64. The lowest BCUT2D eigenvalue weighted by molar-refractivity contribution is -0.140. The summed E-state index contributed by atoms with van der Waals surface area (Å²) in [5, 5.41) is 11.2. The molecule has 6 heteroatoms. The van der Waals surface area contributed by atoms with E-state index in [0.29, 0.717) is 4.47 Å². The number of hydrogen-bond donors (Lipinski definition) is 2. The molecule has 2 N–H and O–H groups in total. The molecule has 16 heavy (non-hydrogen) atoms. The van der Waals surface area contributed by atoms with Gasteiger partial charge in [0, 0.05) is 17.2 Å². The maximum absolute atomic E-state index is 11.6. The number of carbonyl (C=O) groups is 2. The fourth-order valence-corrected chi connectivity index (χ4v) is 1.40. The Morgan fingerprint density at radius 2 is 2.31 bits per heavy atom. The first-order chi connectivity index (χ1) is 7.52. The fraction of sp³-hybridized carbons (Fsp3) is 0.300. The van der Waals surface area contributed by atoms with Crippen molar-refractivity contribution in [2.24, 2.45) is 5.92 Å². The van der Waals surface area contributed by atoms with Crippen LogP contribution in [0.1, 0.15) is 17.4 Å². The third-order valence-corrected chi connectivity index (χ3v) is 2.60. The van der Waals surface area contributed by atoms with Gasteiger partial charge in [-0.1, -0.05) is 6.92 Å². The van der Waals surface area contributed by atoms with Gasteiger partial charge in [-0.15, -0.1) is 0 Å². The number of nitrogens with one attached hydrogen (secondary N) is 1. The van der Waals surface area contributed by atoms with E-state index >= 15 is 0 Å². The van der Waals surface area contributed by atoms with Crippen LogP contribution in [0.3, 0.4) is 0 Å². The molecule has 0 saturated carbocycles. The topological polar surface area (TPSA) is 79.3 Å². The van der Waals surface area contributed by atoms with Crippen molar-refractivity contribution in [2.75, 3.05) is 6.54 Å². The number of rotatable bonds is 4. The monoisotopic (exact) mass is 286 g/mol. The summed E-state index contributed by atoms with van der Waals surface area (Å²) in [6.45, 7) is 1.60. The Bertz CT molecular complexity index is 409.